The smallest absolute Gasteiger partial charge is 0.370 e. The molecule has 3 aromatic carbocycles. The summed E-state index contributed by atoms with van der Waals surface area (Å²) in [4.78, 5) is 161. The van der Waals surface area contributed by atoms with Gasteiger partial charge in [-0.1, -0.05) is 51.1 Å². The predicted molar refractivity (Wildman–Crippen MR) is 316 cm³/mol. The number of hydrogen-bond donors (Lipinski definition) is 8. The second kappa shape index (κ2) is 26.8. The zero-order chi connectivity index (χ0) is 64.4. The molecule has 0 saturated carbocycles. The van der Waals surface area contributed by atoms with Crippen LogP contribution in [0, 0.1) is 0 Å². The number of hydrogen-bond acceptors (Lipinski definition) is 15. The van der Waals surface area contributed by atoms with Gasteiger partial charge in [-0.05, 0) is 90.4 Å². The van der Waals surface area contributed by atoms with Gasteiger partial charge in [-0.3, -0.25) is 72.5 Å². The molecular weight excluding hydrogens is 1210 g/mol. The van der Waals surface area contributed by atoms with Gasteiger partial charge in [-0.25, -0.2) is 8.78 Å². The van der Waals surface area contributed by atoms with Gasteiger partial charge < -0.3 is 46.6 Å². The summed E-state index contributed by atoms with van der Waals surface area (Å²) in [6.45, 7) is 7.57. The Kier molecular flexibility index (Phi) is 19.8. The number of piperidine rings is 1. The van der Waals surface area contributed by atoms with Crippen molar-refractivity contribution < 1.29 is 79.9 Å². The average molecular weight is 1280 g/mol. The van der Waals surface area contributed by atoms with Crippen LogP contribution in [0.5, 0.6) is 0 Å². The minimum Gasteiger partial charge on any atom is -0.370 e. The summed E-state index contributed by atoms with van der Waals surface area (Å²) in [5.74, 6) is -7.21. The lowest BCUT2D eigenvalue weighted by molar-refractivity contribution is -0.144. The molecule has 1 aromatic heterocycles. The second-order valence-electron chi connectivity index (χ2n) is 24.0. The molecule has 6 heterocycles. The van der Waals surface area contributed by atoms with Crippen molar-refractivity contribution in [3.63, 3.8) is 0 Å². The summed E-state index contributed by atoms with van der Waals surface area (Å²) in [5.41, 5.74) is 2.48. The summed E-state index contributed by atoms with van der Waals surface area (Å²) in [5, 5.41) is 13.2. The summed E-state index contributed by atoms with van der Waals surface area (Å²) < 4.78 is 69.0. The third-order valence-corrected chi connectivity index (χ3v) is 18.9. The number of carbonyl (C=O) groups excluding carboxylic acids is 10. The Morgan fingerprint density at radius 2 is 1.49 bits per heavy atom. The van der Waals surface area contributed by atoms with E-state index in [9.17, 15) is 79.9 Å². The highest BCUT2D eigenvalue weighted by Crippen LogP contribution is 2.59. The molecular formula is C59H70F4N11O13PS. The van der Waals surface area contributed by atoms with Gasteiger partial charge in [-0.15, -0.1) is 11.3 Å². The van der Waals surface area contributed by atoms with Gasteiger partial charge in [0.2, 0.25) is 41.4 Å². The Hall–Kier alpha value is -7.69. The van der Waals surface area contributed by atoms with Gasteiger partial charge in [0.05, 0.1) is 22.5 Å². The van der Waals surface area contributed by atoms with Crippen LogP contribution in [0.3, 0.4) is 0 Å². The minimum absolute atomic E-state index is 0.00529. The van der Waals surface area contributed by atoms with Crippen molar-refractivity contribution in [2.45, 2.75) is 126 Å². The van der Waals surface area contributed by atoms with Crippen molar-refractivity contribution in [2.24, 2.45) is 5.73 Å². The van der Waals surface area contributed by atoms with E-state index >= 15 is 0 Å². The topological polar surface area (TPSA) is 331 Å². The highest BCUT2D eigenvalue weighted by atomic mass is 32.1. The number of nitrogens with one attached hydrogen (secondary N) is 5. The normalized spacial score (nSPS) is 21.2. The number of anilines is 1. The number of imide groups is 2. The Labute approximate surface area is 512 Å². The molecule has 10 amide bonds. The molecule has 4 aromatic rings. The molecule has 5 aliphatic heterocycles. The molecule has 0 spiro atoms. The van der Waals surface area contributed by atoms with E-state index < -0.39 is 134 Å². The Balaban J connectivity index is 0.863. The molecule has 9 N–H and O–H groups in total. The third kappa shape index (κ3) is 15.0. The van der Waals surface area contributed by atoms with Gasteiger partial charge >= 0.3 is 13.3 Å². The fourth-order valence-electron chi connectivity index (χ4n) is 11.9. The summed E-state index contributed by atoms with van der Waals surface area (Å²) in [7, 11) is -5.94. The van der Waals surface area contributed by atoms with Gasteiger partial charge in [0.15, 0.2) is 0 Å². The van der Waals surface area contributed by atoms with E-state index in [2.05, 4.69) is 31.5 Å². The first kappa shape index (κ1) is 65.7. The van der Waals surface area contributed by atoms with Crippen LogP contribution < -0.4 is 37.2 Å². The molecule has 3 unspecified atom stereocenters. The van der Waals surface area contributed by atoms with E-state index in [4.69, 9.17) is 5.73 Å². The first-order chi connectivity index (χ1) is 42.0. The maximum Gasteiger partial charge on any atom is 0.399 e. The zero-order valence-corrected chi connectivity index (χ0v) is 50.7. The molecule has 0 aliphatic carbocycles. The van der Waals surface area contributed by atoms with Gasteiger partial charge in [0.25, 0.3) is 24.1 Å². The number of benzene rings is 3. The number of nitrogens with zero attached hydrogens (tertiary/aromatic N) is 5. The standard InChI is InChI=1S/C59H70F4N11O13PS/c1-58(2,3)34-6-4-32(5-7-34)26-41(50(77)65-19-21-70-22-24-72(25-23-70)37-9-11-38-39(29-37)56(83)74(55(38)82)44-14-17-49(76)69-53(44)80)67-51(78)40(12-16-48(64)75)66-52(79)43-13-10-36-18-20-71(31-47(60)61)30-42(57(84)73(36)43)68-54(81)46-28-33-27-35(8-15-45(33)89-46)59(62,63)88(85,86)87/h4-9,11,15,27-29,36,40-44,47H,10,12-14,16-26,30-31H2,1-3H3,(H2,64,75)(H,65,77)(H,66,79)(H,67,78)(H,68,81)(H,69,76,80)(H2,85,86,87)/t36-,40?,41?,42+,43+,44?/m1/s1. The monoisotopic (exact) mass is 1280 g/mol. The quantitative estimate of drug-likeness (QED) is 0.0338. The highest BCUT2D eigenvalue weighted by Gasteiger charge is 2.51. The van der Waals surface area contributed by atoms with Crippen molar-refractivity contribution >= 4 is 93.8 Å². The fourth-order valence-corrected chi connectivity index (χ4v) is 13.4. The lowest BCUT2D eigenvalue weighted by Gasteiger charge is -2.38. The number of amides is 10. The van der Waals surface area contributed by atoms with Crippen molar-refractivity contribution in [2.75, 3.05) is 63.8 Å². The van der Waals surface area contributed by atoms with E-state index in [0.717, 1.165) is 40.0 Å². The molecule has 478 valence electrons. The van der Waals surface area contributed by atoms with Gasteiger partial charge in [0, 0.05) is 93.6 Å². The molecule has 5 aliphatic rings. The summed E-state index contributed by atoms with van der Waals surface area (Å²) >= 11 is 0.805. The third-order valence-electron chi connectivity index (χ3n) is 16.8. The lowest BCUT2D eigenvalue weighted by Crippen LogP contribution is -2.62. The minimum atomic E-state index is -5.94. The van der Waals surface area contributed by atoms with Crippen LogP contribution >= 0.6 is 18.9 Å². The van der Waals surface area contributed by atoms with E-state index in [1.165, 1.54) is 15.9 Å². The molecule has 24 nitrogen and oxygen atoms in total. The Morgan fingerprint density at radius 1 is 0.798 bits per heavy atom. The SMILES string of the molecule is CC(C)(C)c1ccc(CC(NC(=O)C(CCC(N)=O)NC(=O)[C@@H]2CC[C@@H]3CCN(CC(F)F)C[C@H](NC(=O)c4cc5cc(C(F)(F)P(=O)(O)O)ccc5s4)C(=O)N32)C(=O)NCCN2CCN(c3ccc4c(c3)C(=O)N(C3CCC(=O)NC3=O)C4=O)CC2)cc1. The lowest BCUT2D eigenvalue weighted by atomic mass is 9.86. The zero-order valence-electron chi connectivity index (χ0n) is 49.0. The predicted octanol–water partition coefficient (Wildman–Crippen LogP) is 2.67. The van der Waals surface area contributed by atoms with Crippen LogP contribution in [0.1, 0.15) is 113 Å². The van der Waals surface area contributed by atoms with Crippen LogP contribution in [0.2, 0.25) is 0 Å². The van der Waals surface area contributed by atoms with E-state index in [0.29, 0.717) is 44.0 Å². The van der Waals surface area contributed by atoms with Crippen LogP contribution in [-0.4, -0.2) is 190 Å². The number of nitrogens with two attached hydrogens (primary N) is 1. The van der Waals surface area contributed by atoms with Gasteiger partial charge in [0.1, 0.15) is 30.2 Å². The molecule has 0 bridgehead atoms. The molecule has 89 heavy (non-hydrogen) atoms. The highest BCUT2D eigenvalue weighted by molar-refractivity contribution is 7.52. The second-order valence-corrected chi connectivity index (χ2v) is 26.7. The number of rotatable bonds is 21. The maximum atomic E-state index is 14.7. The number of thiophene rings is 1. The Bertz CT molecular complexity index is 3500. The number of primary amides is 1. The van der Waals surface area contributed by atoms with E-state index in [1.54, 1.807) is 18.2 Å². The molecule has 9 rings (SSSR count). The number of halogens is 4. The molecule has 30 heteroatoms. The van der Waals surface area contributed by atoms with E-state index in [-0.39, 0.29) is 96.0 Å². The summed E-state index contributed by atoms with van der Waals surface area (Å²) in [6, 6.07) is 8.98. The van der Waals surface area contributed by atoms with Gasteiger partial charge in [-0.2, -0.15) is 8.78 Å². The molecule has 4 saturated heterocycles. The van der Waals surface area contributed by atoms with Crippen LogP contribution in [0.4, 0.5) is 23.2 Å². The van der Waals surface area contributed by atoms with Crippen molar-refractivity contribution in [3.8, 4) is 0 Å². The summed E-state index contributed by atoms with van der Waals surface area (Å²) in [6.07, 6.45) is -3.13. The van der Waals surface area contributed by atoms with Crippen molar-refractivity contribution in [1.82, 2.24) is 46.2 Å². The molecule has 4 fully saturated rings. The number of fused-ring (bicyclic) bond motifs is 3. The van der Waals surface area contributed by atoms with Crippen LogP contribution in [-0.2, 0) is 55.6 Å². The largest absolute Gasteiger partial charge is 0.399 e. The van der Waals surface area contributed by atoms with Crippen LogP contribution in [0.15, 0.2) is 66.7 Å². The Morgan fingerprint density at radius 3 is 2.16 bits per heavy atom. The number of piperazine rings is 1. The average Bonchev–Trinajstić information content (AvgIpc) is 1.81. The first-order valence-corrected chi connectivity index (χ1v) is 31.6. The van der Waals surface area contributed by atoms with Crippen LogP contribution in [0.25, 0.3) is 10.1 Å². The first-order valence-electron chi connectivity index (χ1n) is 29.2. The van der Waals surface area contributed by atoms with E-state index in [1.807, 2.05) is 49.9 Å². The number of alkyl halides is 4. The molecule has 6 atom stereocenters. The maximum absolute atomic E-state index is 14.7. The van der Waals surface area contributed by atoms with Crippen molar-refractivity contribution in [1.29, 1.82) is 0 Å². The number of carbonyl (C=O) groups is 10. The van der Waals surface area contributed by atoms with Crippen molar-refractivity contribution in [3.05, 3.63) is 99.4 Å². The fraction of sp³-hybridized carbons (Fsp3) is 0.492. The molecule has 0 radical (unpaired) electrons.